The predicted octanol–water partition coefficient (Wildman–Crippen LogP) is 7.26. The van der Waals surface area contributed by atoms with Crippen molar-refractivity contribution in [3.05, 3.63) is 82.8 Å². The van der Waals surface area contributed by atoms with Gasteiger partial charge in [0.25, 0.3) is 0 Å². The van der Waals surface area contributed by atoms with Gasteiger partial charge in [-0.2, -0.15) is 0 Å². The molecule has 0 unspecified atom stereocenters. The van der Waals surface area contributed by atoms with Crippen LogP contribution in [0.4, 0.5) is 5.69 Å². The van der Waals surface area contributed by atoms with Gasteiger partial charge in [0.2, 0.25) is 5.91 Å². The monoisotopic (exact) mass is 442 g/mol. The van der Waals surface area contributed by atoms with Crippen molar-refractivity contribution in [3.8, 4) is 22.4 Å². The summed E-state index contributed by atoms with van der Waals surface area (Å²) < 4.78 is 0. The summed E-state index contributed by atoms with van der Waals surface area (Å²) in [7, 11) is 0. The summed E-state index contributed by atoms with van der Waals surface area (Å²) in [5.41, 5.74) is 5.11. The maximum Gasteiger partial charge on any atom is 0.221 e. The van der Waals surface area contributed by atoms with Gasteiger partial charge in [-0.05, 0) is 48.0 Å². The Morgan fingerprint density at radius 1 is 0.897 bits per heavy atom. The Morgan fingerprint density at radius 2 is 1.69 bits per heavy atom. The van der Waals surface area contributed by atoms with E-state index in [1.54, 1.807) is 0 Å². The first-order valence-electron chi connectivity index (χ1n) is 8.74. The van der Waals surface area contributed by atoms with E-state index in [9.17, 15) is 4.79 Å². The number of anilines is 1. The molecule has 3 nitrogen and oxygen atoms in total. The molecule has 6 heteroatoms. The largest absolute Gasteiger partial charge is 0.326 e. The number of hydrogen-bond acceptors (Lipinski definition) is 2. The quantitative estimate of drug-likeness (QED) is 0.362. The smallest absolute Gasteiger partial charge is 0.221 e. The van der Waals surface area contributed by atoms with Crippen molar-refractivity contribution >= 4 is 58.1 Å². The Bertz CT molecular complexity index is 1210. The minimum absolute atomic E-state index is 0. The number of halogens is 3. The van der Waals surface area contributed by atoms with Gasteiger partial charge in [-0.1, -0.05) is 53.5 Å². The Labute approximate surface area is 185 Å². The van der Waals surface area contributed by atoms with Gasteiger partial charge < -0.3 is 5.32 Å². The maximum atomic E-state index is 11.4. The molecule has 1 aromatic heterocycles. The van der Waals surface area contributed by atoms with Crippen molar-refractivity contribution in [3.63, 3.8) is 0 Å². The molecule has 0 spiro atoms. The summed E-state index contributed by atoms with van der Waals surface area (Å²) in [6, 6.07) is 22.9. The van der Waals surface area contributed by atoms with Crippen LogP contribution in [0.1, 0.15) is 6.92 Å². The van der Waals surface area contributed by atoms with E-state index in [1.165, 1.54) is 6.92 Å². The number of carbonyl (C=O) groups excluding carboxylic acids is 1. The van der Waals surface area contributed by atoms with Crippen molar-refractivity contribution in [2.45, 2.75) is 6.92 Å². The van der Waals surface area contributed by atoms with Crippen LogP contribution in [0.3, 0.4) is 0 Å². The zero-order valence-corrected chi connectivity index (χ0v) is 17.8. The summed E-state index contributed by atoms with van der Waals surface area (Å²) in [6.07, 6.45) is 0. The minimum Gasteiger partial charge on any atom is -0.326 e. The molecule has 1 heterocycles. The van der Waals surface area contributed by atoms with Crippen LogP contribution in [-0.2, 0) is 4.79 Å². The molecule has 3 aromatic carbocycles. The SMILES string of the molecule is CC(=O)Nc1cccc(-c2cc(-c3ccccc3Cl)c3cc(Cl)ccc3n2)c1.Cl. The number of amides is 1. The van der Waals surface area contributed by atoms with Crippen LogP contribution >= 0.6 is 35.6 Å². The number of hydrogen-bond donors (Lipinski definition) is 1. The second kappa shape index (κ2) is 8.83. The summed E-state index contributed by atoms with van der Waals surface area (Å²) in [6.45, 7) is 1.49. The molecule has 0 atom stereocenters. The average molecular weight is 444 g/mol. The third-order valence-corrected chi connectivity index (χ3v) is 4.98. The second-order valence-electron chi connectivity index (χ2n) is 6.46. The first-order valence-corrected chi connectivity index (χ1v) is 9.50. The lowest BCUT2D eigenvalue weighted by Gasteiger charge is -2.13. The lowest BCUT2D eigenvalue weighted by Crippen LogP contribution is -2.05. The topological polar surface area (TPSA) is 42.0 Å². The van der Waals surface area contributed by atoms with Crippen LogP contribution in [0.5, 0.6) is 0 Å². The molecule has 4 rings (SSSR count). The van der Waals surface area contributed by atoms with Gasteiger partial charge in [-0.25, -0.2) is 4.98 Å². The minimum atomic E-state index is -0.116. The van der Waals surface area contributed by atoms with Crippen molar-refractivity contribution < 1.29 is 4.79 Å². The Hall–Kier alpha value is -2.59. The zero-order chi connectivity index (χ0) is 19.7. The molecular weight excluding hydrogens is 427 g/mol. The first-order chi connectivity index (χ1) is 13.5. The molecule has 0 aliphatic heterocycles. The van der Waals surface area contributed by atoms with E-state index in [-0.39, 0.29) is 18.3 Å². The summed E-state index contributed by atoms with van der Waals surface area (Å²) >= 11 is 12.7. The third kappa shape index (κ3) is 4.54. The molecule has 0 saturated carbocycles. The number of fused-ring (bicyclic) bond motifs is 1. The van der Waals surface area contributed by atoms with Gasteiger partial charge in [0.15, 0.2) is 0 Å². The fraction of sp³-hybridized carbons (Fsp3) is 0.0435. The highest BCUT2D eigenvalue weighted by molar-refractivity contribution is 6.34. The normalized spacial score (nSPS) is 10.4. The predicted molar refractivity (Wildman–Crippen MR) is 124 cm³/mol. The molecule has 0 aliphatic rings. The lowest BCUT2D eigenvalue weighted by atomic mass is 9.98. The van der Waals surface area contributed by atoms with Crippen LogP contribution in [0, 0.1) is 0 Å². The van der Waals surface area contributed by atoms with E-state index < -0.39 is 0 Å². The summed E-state index contributed by atoms with van der Waals surface area (Å²) in [4.78, 5) is 16.2. The molecule has 0 bridgehead atoms. The van der Waals surface area contributed by atoms with Crippen molar-refractivity contribution in [1.29, 1.82) is 0 Å². The Morgan fingerprint density at radius 3 is 2.45 bits per heavy atom. The Kier molecular flexibility index (Phi) is 6.43. The zero-order valence-electron chi connectivity index (χ0n) is 15.4. The van der Waals surface area contributed by atoms with Crippen molar-refractivity contribution in [1.82, 2.24) is 4.98 Å². The summed E-state index contributed by atoms with van der Waals surface area (Å²) in [5, 5.41) is 5.04. The molecular formula is C23H17Cl3N2O. The van der Waals surface area contributed by atoms with Crippen LogP contribution in [0.2, 0.25) is 10.0 Å². The second-order valence-corrected chi connectivity index (χ2v) is 7.30. The van der Waals surface area contributed by atoms with E-state index in [0.29, 0.717) is 10.0 Å². The van der Waals surface area contributed by atoms with Gasteiger partial charge in [0.1, 0.15) is 0 Å². The first kappa shape index (κ1) is 21.1. The molecule has 1 amide bonds. The van der Waals surface area contributed by atoms with E-state index >= 15 is 0 Å². The van der Waals surface area contributed by atoms with Gasteiger partial charge in [-0.15, -0.1) is 12.4 Å². The lowest BCUT2D eigenvalue weighted by molar-refractivity contribution is -0.114. The highest BCUT2D eigenvalue weighted by Gasteiger charge is 2.13. The van der Waals surface area contributed by atoms with Gasteiger partial charge in [-0.3, -0.25) is 4.79 Å². The number of pyridine rings is 1. The fourth-order valence-electron chi connectivity index (χ4n) is 3.21. The number of nitrogens with zero attached hydrogens (tertiary/aromatic N) is 1. The fourth-order valence-corrected chi connectivity index (χ4v) is 3.62. The number of benzene rings is 3. The molecule has 0 fully saturated rings. The van der Waals surface area contributed by atoms with E-state index in [2.05, 4.69) is 5.32 Å². The highest BCUT2D eigenvalue weighted by atomic mass is 35.5. The van der Waals surface area contributed by atoms with Crippen LogP contribution in [0.15, 0.2) is 72.8 Å². The van der Waals surface area contributed by atoms with Gasteiger partial charge in [0.05, 0.1) is 11.2 Å². The van der Waals surface area contributed by atoms with Crippen molar-refractivity contribution in [2.75, 3.05) is 5.32 Å². The number of carbonyl (C=O) groups is 1. The molecule has 4 aromatic rings. The standard InChI is InChI=1S/C23H16Cl2N2O.ClH/c1-14(28)26-17-6-4-5-15(11-17)23-13-19(18-7-2-3-8-21(18)25)20-12-16(24)9-10-22(20)27-23;/h2-13H,1H3,(H,26,28);1H. The van der Waals surface area contributed by atoms with E-state index in [0.717, 1.165) is 39.0 Å². The molecule has 0 radical (unpaired) electrons. The third-order valence-electron chi connectivity index (χ3n) is 4.41. The number of aromatic nitrogens is 1. The molecule has 146 valence electrons. The summed E-state index contributed by atoms with van der Waals surface area (Å²) in [5.74, 6) is -0.116. The van der Waals surface area contributed by atoms with Gasteiger partial charge >= 0.3 is 0 Å². The Balaban J connectivity index is 0.00000240. The molecule has 0 saturated heterocycles. The molecule has 0 aliphatic carbocycles. The molecule has 1 N–H and O–H groups in total. The van der Waals surface area contributed by atoms with Crippen LogP contribution in [0.25, 0.3) is 33.3 Å². The molecule has 29 heavy (non-hydrogen) atoms. The van der Waals surface area contributed by atoms with Crippen LogP contribution in [-0.4, -0.2) is 10.9 Å². The van der Waals surface area contributed by atoms with Gasteiger partial charge in [0, 0.05) is 39.2 Å². The number of rotatable bonds is 3. The maximum absolute atomic E-state index is 11.4. The number of nitrogens with one attached hydrogen (secondary N) is 1. The van der Waals surface area contributed by atoms with Crippen molar-refractivity contribution in [2.24, 2.45) is 0 Å². The van der Waals surface area contributed by atoms with E-state index in [4.69, 9.17) is 28.2 Å². The average Bonchev–Trinajstić information content (AvgIpc) is 2.67. The van der Waals surface area contributed by atoms with E-state index in [1.807, 2.05) is 72.8 Å². The van der Waals surface area contributed by atoms with Crippen LogP contribution < -0.4 is 5.32 Å². The highest BCUT2D eigenvalue weighted by Crippen LogP contribution is 2.37.